The van der Waals surface area contributed by atoms with E-state index in [0.717, 1.165) is 5.56 Å². The van der Waals surface area contributed by atoms with Gasteiger partial charge in [0.15, 0.2) is 0 Å². The highest BCUT2D eigenvalue weighted by atomic mass is 79.9. The van der Waals surface area contributed by atoms with Crippen LogP contribution < -0.4 is 0 Å². The van der Waals surface area contributed by atoms with Crippen LogP contribution in [0, 0.1) is 11.3 Å². The molecule has 1 aromatic carbocycles. The number of nitrogens with zero attached hydrogens (tertiary/aromatic N) is 1. The first-order chi connectivity index (χ1) is 7.58. The molecule has 0 fully saturated rings. The molecule has 0 saturated carbocycles. The van der Waals surface area contributed by atoms with Gasteiger partial charge in [-0.2, -0.15) is 5.26 Å². The van der Waals surface area contributed by atoms with Gasteiger partial charge in [0.1, 0.15) is 6.07 Å². The molecule has 84 valence electrons. The fraction of sp³-hybridized carbons (Fsp3) is 0.273. The van der Waals surface area contributed by atoms with Crippen LogP contribution >= 0.6 is 31.9 Å². The van der Waals surface area contributed by atoms with Gasteiger partial charge in [-0.3, -0.25) is 4.79 Å². The average Bonchev–Trinajstić information content (AvgIpc) is 2.17. The van der Waals surface area contributed by atoms with Gasteiger partial charge >= 0.3 is 5.97 Å². The van der Waals surface area contributed by atoms with Gasteiger partial charge in [-0.1, -0.05) is 0 Å². The number of rotatable bonds is 3. The van der Waals surface area contributed by atoms with Crippen molar-refractivity contribution < 1.29 is 9.53 Å². The van der Waals surface area contributed by atoms with Crippen LogP contribution in [0.4, 0.5) is 0 Å². The Morgan fingerprint density at radius 1 is 1.44 bits per heavy atom. The van der Waals surface area contributed by atoms with Crippen molar-refractivity contribution in [2.75, 3.05) is 6.61 Å². The Morgan fingerprint density at radius 3 is 2.44 bits per heavy atom. The van der Waals surface area contributed by atoms with Crippen molar-refractivity contribution in [3.8, 4) is 6.07 Å². The third-order valence-electron chi connectivity index (χ3n) is 1.87. The Hall–Kier alpha value is -0.860. The lowest BCUT2D eigenvalue weighted by molar-refractivity contribution is -0.142. The summed E-state index contributed by atoms with van der Waals surface area (Å²) in [5.41, 5.74) is 1.32. The minimum Gasteiger partial charge on any atom is -0.466 e. The van der Waals surface area contributed by atoms with Crippen molar-refractivity contribution in [3.05, 3.63) is 32.2 Å². The molecule has 0 N–H and O–H groups in total. The molecule has 0 spiro atoms. The number of hydrogen-bond acceptors (Lipinski definition) is 3. The topological polar surface area (TPSA) is 50.1 Å². The second-order valence-corrected chi connectivity index (χ2v) is 4.74. The zero-order valence-corrected chi connectivity index (χ0v) is 11.8. The van der Waals surface area contributed by atoms with Crippen LogP contribution in [0.5, 0.6) is 0 Å². The molecule has 1 rings (SSSR count). The molecule has 0 aliphatic heterocycles. The molecule has 1 aromatic rings. The molecular weight excluding hydrogens is 338 g/mol. The Labute approximate surface area is 111 Å². The SMILES string of the molecule is CCOC(=O)Cc1cc(Br)c(C#N)c(Br)c1. The van der Waals surface area contributed by atoms with Crippen LogP contribution in [0.3, 0.4) is 0 Å². The maximum absolute atomic E-state index is 11.3. The molecule has 0 unspecified atom stereocenters. The van der Waals surface area contributed by atoms with E-state index in [9.17, 15) is 4.79 Å². The zero-order valence-electron chi connectivity index (χ0n) is 8.59. The summed E-state index contributed by atoms with van der Waals surface area (Å²) in [5, 5.41) is 8.85. The van der Waals surface area contributed by atoms with E-state index in [1.165, 1.54) is 0 Å². The van der Waals surface area contributed by atoms with Gasteiger partial charge < -0.3 is 4.74 Å². The molecule has 0 amide bonds. The Bertz CT molecular complexity index is 429. The molecular formula is C11H9Br2NO2. The number of ether oxygens (including phenoxy) is 1. The molecule has 16 heavy (non-hydrogen) atoms. The fourth-order valence-corrected chi connectivity index (χ4v) is 2.67. The Balaban J connectivity index is 2.93. The quantitative estimate of drug-likeness (QED) is 0.790. The van der Waals surface area contributed by atoms with E-state index in [2.05, 4.69) is 37.9 Å². The number of hydrogen-bond donors (Lipinski definition) is 0. The summed E-state index contributed by atoms with van der Waals surface area (Å²) in [4.78, 5) is 11.3. The molecule has 0 bridgehead atoms. The smallest absolute Gasteiger partial charge is 0.310 e. The third kappa shape index (κ3) is 3.32. The van der Waals surface area contributed by atoms with E-state index in [0.29, 0.717) is 21.1 Å². The minimum atomic E-state index is -0.272. The fourth-order valence-electron chi connectivity index (χ4n) is 1.21. The summed E-state index contributed by atoms with van der Waals surface area (Å²) >= 11 is 6.56. The predicted octanol–water partition coefficient (Wildman–Crippen LogP) is 3.19. The van der Waals surface area contributed by atoms with Crippen LogP contribution in [-0.2, 0) is 16.0 Å². The van der Waals surface area contributed by atoms with Gasteiger partial charge in [-0.15, -0.1) is 0 Å². The first kappa shape index (κ1) is 13.2. The van der Waals surface area contributed by atoms with Crippen LogP contribution in [0.1, 0.15) is 18.1 Å². The van der Waals surface area contributed by atoms with E-state index in [1.807, 2.05) is 0 Å². The second kappa shape index (κ2) is 6.02. The van der Waals surface area contributed by atoms with E-state index < -0.39 is 0 Å². The monoisotopic (exact) mass is 345 g/mol. The van der Waals surface area contributed by atoms with Crippen molar-refractivity contribution in [2.45, 2.75) is 13.3 Å². The van der Waals surface area contributed by atoms with Crippen molar-refractivity contribution in [1.29, 1.82) is 5.26 Å². The largest absolute Gasteiger partial charge is 0.466 e. The number of esters is 1. The minimum absolute atomic E-state index is 0.205. The predicted molar refractivity (Wildman–Crippen MR) is 66.9 cm³/mol. The number of halogens is 2. The lowest BCUT2D eigenvalue weighted by atomic mass is 10.1. The van der Waals surface area contributed by atoms with Gasteiger partial charge in [-0.05, 0) is 56.5 Å². The second-order valence-electron chi connectivity index (χ2n) is 3.03. The lowest BCUT2D eigenvalue weighted by Gasteiger charge is -2.05. The maximum Gasteiger partial charge on any atom is 0.310 e. The molecule has 0 aliphatic rings. The summed E-state index contributed by atoms with van der Waals surface area (Å²) in [7, 11) is 0. The molecule has 0 saturated heterocycles. The molecule has 5 heteroatoms. The van der Waals surface area contributed by atoms with Gasteiger partial charge in [0.05, 0.1) is 18.6 Å². The van der Waals surface area contributed by atoms with Crippen LogP contribution in [0.2, 0.25) is 0 Å². The summed E-state index contributed by atoms with van der Waals surface area (Å²) in [6.07, 6.45) is 0.205. The third-order valence-corrected chi connectivity index (χ3v) is 3.12. The van der Waals surface area contributed by atoms with Crippen molar-refractivity contribution in [1.82, 2.24) is 0 Å². The molecule has 0 aliphatic carbocycles. The van der Waals surface area contributed by atoms with Gasteiger partial charge in [-0.25, -0.2) is 0 Å². The normalized spacial score (nSPS) is 9.62. The molecule has 0 radical (unpaired) electrons. The Morgan fingerprint density at radius 2 is 2.00 bits per heavy atom. The molecule has 3 nitrogen and oxygen atoms in total. The van der Waals surface area contributed by atoms with Crippen molar-refractivity contribution in [2.24, 2.45) is 0 Å². The number of nitriles is 1. The summed E-state index contributed by atoms with van der Waals surface area (Å²) in [5.74, 6) is -0.272. The lowest BCUT2D eigenvalue weighted by Crippen LogP contribution is -2.07. The molecule has 0 heterocycles. The maximum atomic E-state index is 11.3. The number of benzene rings is 1. The van der Waals surface area contributed by atoms with E-state index >= 15 is 0 Å². The molecule has 0 aromatic heterocycles. The first-order valence-corrected chi connectivity index (χ1v) is 6.20. The van der Waals surface area contributed by atoms with Crippen molar-refractivity contribution in [3.63, 3.8) is 0 Å². The summed E-state index contributed by atoms with van der Waals surface area (Å²) < 4.78 is 6.19. The van der Waals surface area contributed by atoms with E-state index in [1.54, 1.807) is 19.1 Å². The highest BCUT2D eigenvalue weighted by Crippen LogP contribution is 2.26. The summed E-state index contributed by atoms with van der Waals surface area (Å²) in [6, 6.07) is 5.56. The number of carbonyl (C=O) groups excluding carboxylic acids is 1. The van der Waals surface area contributed by atoms with E-state index in [-0.39, 0.29) is 12.4 Å². The van der Waals surface area contributed by atoms with Gasteiger partial charge in [0, 0.05) is 8.95 Å². The van der Waals surface area contributed by atoms with Gasteiger partial charge in [0.25, 0.3) is 0 Å². The average molecular weight is 347 g/mol. The first-order valence-electron chi connectivity index (χ1n) is 4.62. The summed E-state index contributed by atoms with van der Waals surface area (Å²) in [6.45, 7) is 2.14. The van der Waals surface area contributed by atoms with Crippen molar-refractivity contribution >= 4 is 37.8 Å². The van der Waals surface area contributed by atoms with Crippen LogP contribution in [0.15, 0.2) is 21.1 Å². The number of carbonyl (C=O) groups is 1. The van der Waals surface area contributed by atoms with Crippen LogP contribution in [0.25, 0.3) is 0 Å². The Kier molecular flexibility index (Phi) is 4.97. The van der Waals surface area contributed by atoms with Crippen LogP contribution in [-0.4, -0.2) is 12.6 Å². The van der Waals surface area contributed by atoms with E-state index in [4.69, 9.17) is 10.00 Å². The van der Waals surface area contributed by atoms with Gasteiger partial charge in [0.2, 0.25) is 0 Å². The highest BCUT2D eigenvalue weighted by molar-refractivity contribution is 9.11. The standard InChI is InChI=1S/C11H9Br2NO2/c1-2-16-11(15)5-7-3-9(12)8(6-14)10(13)4-7/h3-4H,2,5H2,1H3. The highest BCUT2D eigenvalue weighted by Gasteiger charge is 2.10. The zero-order chi connectivity index (χ0) is 12.1. The molecule has 0 atom stereocenters.